The molecule has 0 N–H and O–H groups in total. The van der Waals surface area contributed by atoms with Crippen molar-refractivity contribution in [2.75, 3.05) is 0 Å². The van der Waals surface area contributed by atoms with Gasteiger partial charge < -0.3 is 0 Å². The zero-order valence-corrected chi connectivity index (χ0v) is 4.73. The van der Waals surface area contributed by atoms with Gasteiger partial charge in [-0.05, 0) is 6.42 Å². The van der Waals surface area contributed by atoms with Crippen molar-refractivity contribution in [1.29, 1.82) is 0 Å². The summed E-state index contributed by atoms with van der Waals surface area (Å²) in [6.45, 7) is 1.90. The van der Waals surface area contributed by atoms with E-state index in [1.165, 1.54) is 0 Å². The summed E-state index contributed by atoms with van der Waals surface area (Å²) in [5.74, 6) is 0. The van der Waals surface area contributed by atoms with E-state index >= 15 is 0 Å². The summed E-state index contributed by atoms with van der Waals surface area (Å²) >= 11 is -1.42. The van der Waals surface area contributed by atoms with Crippen LogP contribution in [0.4, 0.5) is 0 Å². The van der Waals surface area contributed by atoms with E-state index in [4.69, 9.17) is 0 Å². The number of hydrogen-bond donors (Lipinski definition) is 0. The zero-order valence-electron chi connectivity index (χ0n) is 3.92. The summed E-state index contributed by atoms with van der Waals surface area (Å²) in [7, 11) is 0. The fourth-order valence-electron chi connectivity index (χ4n) is 0.319. The van der Waals surface area contributed by atoms with Crippen LogP contribution < -0.4 is 0 Å². The van der Waals surface area contributed by atoms with Gasteiger partial charge in [0, 0.05) is 0 Å². The molecule has 4 heteroatoms. The van der Waals surface area contributed by atoms with Gasteiger partial charge in [0.2, 0.25) is 0 Å². The molecule has 0 atom stereocenters. The van der Waals surface area contributed by atoms with Gasteiger partial charge >= 0.3 is 11.4 Å². The van der Waals surface area contributed by atoms with Gasteiger partial charge in [0.1, 0.15) is 0 Å². The van der Waals surface area contributed by atoms with Crippen molar-refractivity contribution in [3.63, 3.8) is 0 Å². The molecule has 1 rings (SSSR count). The molecule has 0 aliphatic carbocycles. The molecular formula is C3H6O3S. The maximum atomic E-state index is 9.94. The quantitative estimate of drug-likeness (QED) is 0.503. The Labute approximate surface area is 44.5 Å². The molecule has 0 unspecified atom stereocenters. The first kappa shape index (κ1) is 5.21. The molecule has 1 aliphatic rings. The minimum absolute atomic E-state index is 0.208. The lowest BCUT2D eigenvalue weighted by atomic mass is 10.5. The van der Waals surface area contributed by atoms with Crippen LogP contribution in [0.3, 0.4) is 0 Å². The lowest BCUT2D eigenvalue weighted by molar-refractivity contribution is -0.0625. The molecule has 3 nitrogen and oxygen atoms in total. The van der Waals surface area contributed by atoms with E-state index in [0.29, 0.717) is 0 Å². The van der Waals surface area contributed by atoms with Crippen molar-refractivity contribution in [3.05, 3.63) is 0 Å². The van der Waals surface area contributed by atoms with Crippen LogP contribution in [0.25, 0.3) is 0 Å². The summed E-state index contributed by atoms with van der Waals surface area (Å²) in [5.41, 5.74) is 0. The molecule has 0 radical (unpaired) electrons. The first-order valence-electron chi connectivity index (χ1n) is 2.09. The van der Waals surface area contributed by atoms with Gasteiger partial charge in [0.05, 0.1) is 0 Å². The van der Waals surface area contributed by atoms with Crippen molar-refractivity contribution in [2.24, 2.45) is 0 Å². The van der Waals surface area contributed by atoms with Crippen LogP contribution in [0.1, 0.15) is 13.3 Å². The van der Waals surface area contributed by atoms with Crippen LogP contribution in [-0.2, 0) is 19.7 Å². The third kappa shape index (κ3) is 0.992. The van der Waals surface area contributed by atoms with E-state index in [1.807, 2.05) is 6.92 Å². The molecule has 1 aliphatic heterocycles. The predicted molar refractivity (Wildman–Crippen MR) is 24.4 cm³/mol. The van der Waals surface area contributed by atoms with Crippen LogP contribution in [-0.4, -0.2) is 10.5 Å². The van der Waals surface area contributed by atoms with Crippen LogP contribution in [0.15, 0.2) is 0 Å². The highest BCUT2D eigenvalue weighted by molar-refractivity contribution is 7.76. The van der Waals surface area contributed by atoms with Gasteiger partial charge in [-0.25, -0.2) is 8.37 Å². The van der Waals surface area contributed by atoms with Crippen molar-refractivity contribution in [2.45, 2.75) is 19.6 Å². The number of rotatable bonds is 1. The molecule has 1 heterocycles. The van der Waals surface area contributed by atoms with Crippen LogP contribution in [0, 0.1) is 0 Å². The minimum atomic E-state index is -1.42. The fourth-order valence-corrected chi connectivity index (χ4v) is 0.956. The second-order valence-corrected chi connectivity index (χ2v) is 2.03. The fraction of sp³-hybridized carbons (Fsp3) is 1.00. The lowest BCUT2D eigenvalue weighted by Crippen LogP contribution is -2.30. The highest BCUT2D eigenvalue weighted by atomic mass is 32.2. The average Bonchev–Trinajstić information content (AvgIpc) is 1.58. The van der Waals surface area contributed by atoms with Gasteiger partial charge in [0.15, 0.2) is 6.29 Å². The third-order valence-corrected chi connectivity index (χ3v) is 1.45. The Balaban J connectivity index is 2.17. The first-order valence-corrected chi connectivity index (χ1v) is 3.09. The molecule has 0 spiro atoms. The highest BCUT2D eigenvalue weighted by Gasteiger charge is 2.25. The smallest absolute Gasteiger partial charge is 0.235 e. The predicted octanol–water partition coefficient (Wildman–Crippen LogP) is 0.348. The Morgan fingerprint density at radius 3 is 2.43 bits per heavy atom. The van der Waals surface area contributed by atoms with Crippen molar-refractivity contribution in [3.8, 4) is 0 Å². The van der Waals surface area contributed by atoms with Gasteiger partial charge in [-0.2, -0.15) is 4.21 Å². The second-order valence-electron chi connectivity index (χ2n) is 1.23. The van der Waals surface area contributed by atoms with E-state index in [0.717, 1.165) is 6.42 Å². The molecule has 1 fully saturated rings. The van der Waals surface area contributed by atoms with Gasteiger partial charge in [0.25, 0.3) is 0 Å². The average molecular weight is 122 g/mol. The normalized spacial score (nSPS) is 40.1. The Morgan fingerprint density at radius 1 is 1.71 bits per heavy atom. The van der Waals surface area contributed by atoms with E-state index in [9.17, 15) is 4.21 Å². The van der Waals surface area contributed by atoms with Crippen LogP contribution in [0.5, 0.6) is 0 Å². The molecule has 7 heavy (non-hydrogen) atoms. The summed E-state index contributed by atoms with van der Waals surface area (Å²) in [4.78, 5) is 0. The maximum absolute atomic E-state index is 9.94. The highest BCUT2D eigenvalue weighted by Crippen LogP contribution is 2.15. The van der Waals surface area contributed by atoms with Gasteiger partial charge in [-0.15, -0.1) is 0 Å². The molecule has 0 saturated carbocycles. The SMILES string of the molecule is CCC1OS(=O)O1. The van der Waals surface area contributed by atoms with Crippen molar-refractivity contribution < 1.29 is 12.6 Å². The monoisotopic (exact) mass is 122 g/mol. The van der Waals surface area contributed by atoms with Gasteiger partial charge in [-0.1, -0.05) is 6.92 Å². The molecule has 42 valence electrons. The Morgan fingerprint density at radius 2 is 2.29 bits per heavy atom. The maximum Gasteiger partial charge on any atom is 0.309 e. The second kappa shape index (κ2) is 1.90. The number of hydrogen-bond acceptors (Lipinski definition) is 3. The van der Waals surface area contributed by atoms with E-state index in [1.54, 1.807) is 0 Å². The molecule has 0 bridgehead atoms. The summed E-state index contributed by atoms with van der Waals surface area (Å²) in [6.07, 6.45) is 0.562. The molecule has 0 aromatic rings. The molecule has 0 amide bonds. The Kier molecular flexibility index (Phi) is 1.41. The zero-order chi connectivity index (χ0) is 5.28. The Hall–Kier alpha value is 0.0700. The largest absolute Gasteiger partial charge is 0.309 e. The van der Waals surface area contributed by atoms with Crippen molar-refractivity contribution in [1.82, 2.24) is 0 Å². The van der Waals surface area contributed by atoms with Crippen LogP contribution in [0.2, 0.25) is 0 Å². The summed E-state index contributed by atoms with van der Waals surface area (Å²) in [6, 6.07) is 0. The van der Waals surface area contributed by atoms with E-state index in [2.05, 4.69) is 8.37 Å². The van der Waals surface area contributed by atoms with Gasteiger partial charge in [-0.3, -0.25) is 0 Å². The molecular weight excluding hydrogens is 116 g/mol. The van der Waals surface area contributed by atoms with Crippen LogP contribution >= 0.6 is 0 Å². The first-order chi connectivity index (χ1) is 3.33. The molecule has 0 aromatic heterocycles. The summed E-state index contributed by atoms with van der Waals surface area (Å²) < 4.78 is 19.0. The van der Waals surface area contributed by atoms with Crippen molar-refractivity contribution >= 4 is 11.4 Å². The summed E-state index contributed by atoms with van der Waals surface area (Å²) in [5, 5.41) is 0. The lowest BCUT2D eigenvalue weighted by Gasteiger charge is -2.21. The third-order valence-electron chi connectivity index (χ3n) is 0.705. The molecule has 0 aromatic carbocycles. The minimum Gasteiger partial charge on any atom is -0.235 e. The standard InChI is InChI=1S/C3H6O3S/c1-2-3-5-7(4)6-3/h3H,2H2,1H3. The molecule has 1 saturated heterocycles. The van der Waals surface area contributed by atoms with E-state index < -0.39 is 11.4 Å². The van der Waals surface area contributed by atoms with E-state index in [-0.39, 0.29) is 6.29 Å². The Bertz CT molecular complexity index is 84.2. The topological polar surface area (TPSA) is 35.5 Å².